The van der Waals surface area contributed by atoms with Crippen LogP contribution in [-0.2, 0) is 6.54 Å². The molecule has 3 heterocycles. The van der Waals surface area contributed by atoms with Gasteiger partial charge in [0.05, 0.1) is 28.0 Å². The van der Waals surface area contributed by atoms with Crippen LogP contribution in [0.5, 0.6) is 0 Å². The fourth-order valence-corrected chi connectivity index (χ4v) is 5.42. The number of benzene rings is 2. The number of hydrogen-bond donors (Lipinski definition) is 1. The van der Waals surface area contributed by atoms with Crippen molar-refractivity contribution in [3.05, 3.63) is 63.6 Å². The fourth-order valence-electron chi connectivity index (χ4n) is 4.69. The van der Waals surface area contributed by atoms with E-state index in [1.54, 1.807) is 6.07 Å². The SMILES string of the molecule is CN(c1cc(Br)c2ncc(C#N)c(Nc3ccc(F)c(Cl)c3)c2c1)c1cn(CC[C@@H]2CCCN2C)nn1. The molecule has 2 aromatic heterocycles. The van der Waals surface area contributed by atoms with Gasteiger partial charge in [0.2, 0.25) is 0 Å². The molecule has 0 saturated carbocycles. The number of anilines is 4. The number of nitriles is 1. The highest BCUT2D eigenvalue weighted by molar-refractivity contribution is 9.10. The maximum absolute atomic E-state index is 13.7. The summed E-state index contributed by atoms with van der Waals surface area (Å²) in [5.41, 5.74) is 2.97. The van der Waals surface area contributed by atoms with Gasteiger partial charge < -0.3 is 15.1 Å². The van der Waals surface area contributed by atoms with E-state index in [0.29, 0.717) is 39.7 Å². The van der Waals surface area contributed by atoms with Crippen LogP contribution in [0.25, 0.3) is 10.9 Å². The van der Waals surface area contributed by atoms with Gasteiger partial charge in [-0.25, -0.2) is 4.39 Å². The minimum absolute atomic E-state index is 0.00821. The summed E-state index contributed by atoms with van der Waals surface area (Å²) in [5, 5.41) is 22.4. The number of aromatic nitrogens is 4. The first-order chi connectivity index (χ1) is 17.8. The van der Waals surface area contributed by atoms with Crippen LogP contribution in [0.3, 0.4) is 0 Å². The number of aryl methyl sites for hydroxylation is 1. The van der Waals surface area contributed by atoms with Crippen molar-refractivity contribution < 1.29 is 4.39 Å². The molecule has 0 bridgehead atoms. The third-order valence-corrected chi connectivity index (χ3v) is 7.73. The Hall–Kier alpha value is -3.26. The molecule has 0 aliphatic carbocycles. The molecule has 0 unspecified atom stereocenters. The lowest BCUT2D eigenvalue weighted by atomic mass is 10.1. The summed E-state index contributed by atoms with van der Waals surface area (Å²) in [5.74, 6) is 0.192. The Morgan fingerprint density at radius 2 is 2.16 bits per heavy atom. The third kappa shape index (κ3) is 5.25. The van der Waals surface area contributed by atoms with Crippen LogP contribution in [0, 0.1) is 17.1 Å². The Labute approximate surface area is 227 Å². The highest BCUT2D eigenvalue weighted by atomic mass is 79.9. The first-order valence-corrected chi connectivity index (χ1v) is 13.1. The molecule has 5 rings (SSSR count). The molecular formula is C26H25BrClFN8. The van der Waals surface area contributed by atoms with Crippen molar-refractivity contribution in [2.75, 3.05) is 30.9 Å². The second-order valence-electron chi connectivity index (χ2n) is 9.20. The number of likely N-dealkylation sites (tertiary alicyclic amines) is 1. The molecular weight excluding hydrogens is 559 g/mol. The van der Waals surface area contributed by atoms with Gasteiger partial charge in [0.15, 0.2) is 5.82 Å². The van der Waals surface area contributed by atoms with E-state index < -0.39 is 5.82 Å². The van der Waals surface area contributed by atoms with Crippen molar-refractivity contribution in [2.45, 2.75) is 31.8 Å². The quantitative estimate of drug-likeness (QED) is 0.275. The number of rotatable bonds is 7. The van der Waals surface area contributed by atoms with Crippen molar-refractivity contribution in [3.8, 4) is 6.07 Å². The van der Waals surface area contributed by atoms with E-state index in [1.165, 1.54) is 31.2 Å². The van der Waals surface area contributed by atoms with E-state index in [4.69, 9.17) is 11.6 Å². The van der Waals surface area contributed by atoms with Crippen molar-refractivity contribution in [1.29, 1.82) is 5.26 Å². The van der Waals surface area contributed by atoms with Crippen molar-refractivity contribution >= 4 is 61.3 Å². The molecule has 8 nitrogen and oxygen atoms in total. The van der Waals surface area contributed by atoms with Crippen molar-refractivity contribution in [3.63, 3.8) is 0 Å². The smallest absolute Gasteiger partial charge is 0.175 e. The molecule has 1 aliphatic heterocycles. The Bertz CT molecular complexity index is 1500. The largest absolute Gasteiger partial charge is 0.354 e. The summed E-state index contributed by atoms with van der Waals surface area (Å²) in [6, 6.07) is 11.0. The monoisotopic (exact) mass is 582 g/mol. The third-order valence-electron chi connectivity index (χ3n) is 6.84. The Morgan fingerprint density at radius 1 is 1.32 bits per heavy atom. The Kier molecular flexibility index (Phi) is 7.29. The van der Waals surface area contributed by atoms with Gasteiger partial charge in [0, 0.05) is 47.1 Å². The molecule has 1 atom stereocenters. The zero-order valence-corrected chi connectivity index (χ0v) is 22.8. The van der Waals surface area contributed by atoms with Crippen LogP contribution < -0.4 is 10.2 Å². The number of hydrogen-bond acceptors (Lipinski definition) is 7. The lowest BCUT2D eigenvalue weighted by Gasteiger charge is -2.19. The molecule has 0 radical (unpaired) electrons. The van der Waals surface area contributed by atoms with Gasteiger partial charge in [-0.2, -0.15) is 5.26 Å². The van der Waals surface area contributed by atoms with Gasteiger partial charge in [-0.15, -0.1) is 5.10 Å². The predicted octanol–water partition coefficient (Wildman–Crippen LogP) is 6.25. The number of nitrogens with one attached hydrogen (secondary N) is 1. The molecule has 1 aliphatic rings. The lowest BCUT2D eigenvalue weighted by Crippen LogP contribution is -2.26. The summed E-state index contributed by atoms with van der Waals surface area (Å²) in [7, 11) is 4.09. The maximum atomic E-state index is 13.7. The minimum atomic E-state index is -0.512. The van der Waals surface area contributed by atoms with Gasteiger partial charge in [-0.3, -0.25) is 9.67 Å². The minimum Gasteiger partial charge on any atom is -0.354 e. The average molecular weight is 584 g/mol. The molecule has 11 heteroatoms. The van der Waals surface area contributed by atoms with Gasteiger partial charge in [0.1, 0.15) is 11.9 Å². The van der Waals surface area contributed by atoms with Crippen LogP contribution in [0.2, 0.25) is 5.02 Å². The first-order valence-electron chi connectivity index (χ1n) is 11.9. The predicted molar refractivity (Wildman–Crippen MR) is 147 cm³/mol. The highest BCUT2D eigenvalue weighted by Gasteiger charge is 2.21. The number of fused-ring (bicyclic) bond motifs is 1. The molecule has 37 heavy (non-hydrogen) atoms. The van der Waals surface area contributed by atoms with Crippen LogP contribution in [-0.4, -0.2) is 51.6 Å². The fraction of sp³-hybridized carbons (Fsp3) is 0.308. The first kappa shape index (κ1) is 25.4. The van der Waals surface area contributed by atoms with E-state index in [2.05, 4.69) is 54.6 Å². The molecule has 0 spiro atoms. The van der Waals surface area contributed by atoms with Gasteiger partial charge in [-0.05, 0) is 79.1 Å². The van der Waals surface area contributed by atoms with Crippen LogP contribution in [0.15, 0.2) is 47.2 Å². The molecule has 190 valence electrons. The molecule has 2 aromatic carbocycles. The normalized spacial score (nSPS) is 15.7. The van der Waals surface area contributed by atoms with Crippen LogP contribution >= 0.6 is 27.5 Å². The summed E-state index contributed by atoms with van der Waals surface area (Å²) in [6.45, 7) is 1.96. The lowest BCUT2D eigenvalue weighted by molar-refractivity contribution is 0.282. The number of pyridine rings is 1. The second kappa shape index (κ2) is 10.6. The second-order valence-corrected chi connectivity index (χ2v) is 10.5. The van der Waals surface area contributed by atoms with Crippen LogP contribution in [0.1, 0.15) is 24.8 Å². The topological polar surface area (TPSA) is 85.9 Å². The Morgan fingerprint density at radius 3 is 2.89 bits per heavy atom. The van der Waals surface area contributed by atoms with Crippen molar-refractivity contribution in [1.82, 2.24) is 24.9 Å². The highest BCUT2D eigenvalue weighted by Crippen LogP contribution is 2.37. The van der Waals surface area contributed by atoms with E-state index in [-0.39, 0.29) is 5.02 Å². The summed E-state index contributed by atoms with van der Waals surface area (Å²) >= 11 is 9.61. The molecule has 0 amide bonds. The molecule has 4 aromatic rings. The van der Waals surface area contributed by atoms with Gasteiger partial charge >= 0.3 is 0 Å². The van der Waals surface area contributed by atoms with E-state index >= 15 is 0 Å². The zero-order chi connectivity index (χ0) is 26.1. The standard InChI is InChI=1S/C26H25BrClFN8/c1-35-8-3-4-18(35)7-9-37-15-24(33-34-37)36(2)19-11-20-25(32-17-5-6-23(29)22(28)10-17)16(13-30)14-31-26(20)21(27)12-19/h5-6,10-12,14-15,18H,3-4,7-9H2,1-2H3,(H,31,32)/t18-/m0/s1. The average Bonchev–Trinajstić information content (AvgIpc) is 3.53. The number of halogens is 3. The molecule has 1 fully saturated rings. The van der Waals surface area contributed by atoms with E-state index in [0.717, 1.165) is 29.7 Å². The number of nitrogens with zero attached hydrogens (tertiary/aromatic N) is 7. The van der Waals surface area contributed by atoms with E-state index in [1.807, 2.05) is 35.0 Å². The summed E-state index contributed by atoms with van der Waals surface area (Å²) in [4.78, 5) is 8.83. The van der Waals surface area contributed by atoms with Crippen molar-refractivity contribution in [2.24, 2.45) is 0 Å². The van der Waals surface area contributed by atoms with E-state index in [9.17, 15) is 9.65 Å². The van der Waals surface area contributed by atoms with Gasteiger partial charge in [0.25, 0.3) is 0 Å². The maximum Gasteiger partial charge on any atom is 0.175 e. The van der Waals surface area contributed by atoms with Crippen LogP contribution in [0.4, 0.5) is 27.3 Å². The molecule has 1 N–H and O–H groups in total. The Balaban J connectivity index is 1.46. The summed E-state index contributed by atoms with van der Waals surface area (Å²) < 4.78 is 16.3. The molecule has 1 saturated heterocycles. The summed E-state index contributed by atoms with van der Waals surface area (Å²) in [6.07, 6.45) is 6.96. The zero-order valence-electron chi connectivity index (χ0n) is 20.4. The van der Waals surface area contributed by atoms with Gasteiger partial charge in [-0.1, -0.05) is 16.8 Å².